The topological polar surface area (TPSA) is 68.5 Å². The Morgan fingerprint density at radius 2 is 2.04 bits per heavy atom. The number of amides is 1. The van der Waals surface area contributed by atoms with Crippen LogP contribution in [0, 0.1) is 0 Å². The molecular formula is C20H16BrNO4. The Labute approximate surface area is 158 Å². The summed E-state index contributed by atoms with van der Waals surface area (Å²) in [4.78, 5) is 23.8. The SMILES string of the molecule is CCOC(=O)c1cccc(NC(=O)/C=C/c2cc3cc(Br)ccc3o2)c1. The fraction of sp³-hybridized carbons (Fsp3) is 0.100. The first kappa shape index (κ1) is 17.9. The minimum Gasteiger partial charge on any atom is -0.462 e. The van der Waals surface area contributed by atoms with Crippen molar-refractivity contribution in [2.45, 2.75) is 6.92 Å². The van der Waals surface area contributed by atoms with E-state index in [9.17, 15) is 9.59 Å². The van der Waals surface area contributed by atoms with E-state index in [2.05, 4.69) is 21.2 Å². The molecule has 2 aromatic carbocycles. The average molecular weight is 414 g/mol. The zero-order valence-corrected chi connectivity index (χ0v) is 15.6. The summed E-state index contributed by atoms with van der Waals surface area (Å²) in [6, 6.07) is 14.1. The van der Waals surface area contributed by atoms with Crippen molar-refractivity contribution in [2.24, 2.45) is 0 Å². The molecule has 0 unspecified atom stereocenters. The first-order valence-corrected chi connectivity index (χ1v) is 8.80. The summed E-state index contributed by atoms with van der Waals surface area (Å²) >= 11 is 3.41. The van der Waals surface area contributed by atoms with Gasteiger partial charge in [-0.2, -0.15) is 0 Å². The van der Waals surface area contributed by atoms with Crippen molar-refractivity contribution in [3.63, 3.8) is 0 Å². The standard InChI is InChI=1S/C20H16BrNO4/c1-2-25-20(24)13-4-3-5-16(11-13)22-19(23)9-7-17-12-14-10-15(21)6-8-18(14)26-17/h3-12H,2H2,1H3,(H,22,23)/b9-7+. The smallest absolute Gasteiger partial charge is 0.338 e. The van der Waals surface area contributed by atoms with Crippen molar-refractivity contribution in [2.75, 3.05) is 11.9 Å². The van der Waals surface area contributed by atoms with Crippen LogP contribution >= 0.6 is 15.9 Å². The zero-order valence-electron chi connectivity index (χ0n) is 14.0. The zero-order chi connectivity index (χ0) is 18.5. The largest absolute Gasteiger partial charge is 0.462 e. The number of carbonyl (C=O) groups is 2. The third-order valence-corrected chi connectivity index (χ3v) is 4.03. The fourth-order valence-corrected chi connectivity index (χ4v) is 2.78. The van der Waals surface area contributed by atoms with Gasteiger partial charge in [0.05, 0.1) is 12.2 Å². The summed E-state index contributed by atoms with van der Waals surface area (Å²) in [5.41, 5.74) is 1.64. The first-order chi connectivity index (χ1) is 12.5. The number of nitrogens with one attached hydrogen (secondary N) is 1. The molecular weight excluding hydrogens is 398 g/mol. The molecule has 0 fully saturated rings. The molecule has 1 amide bonds. The highest BCUT2D eigenvalue weighted by Gasteiger charge is 2.08. The van der Waals surface area contributed by atoms with Gasteiger partial charge in [-0.1, -0.05) is 22.0 Å². The lowest BCUT2D eigenvalue weighted by molar-refractivity contribution is -0.111. The van der Waals surface area contributed by atoms with Crippen LogP contribution in [-0.4, -0.2) is 18.5 Å². The number of hydrogen-bond acceptors (Lipinski definition) is 4. The molecule has 0 radical (unpaired) electrons. The van der Waals surface area contributed by atoms with Crippen LogP contribution in [0.4, 0.5) is 5.69 Å². The normalized spacial score (nSPS) is 11.0. The summed E-state index contributed by atoms with van der Waals surface area (Å²) in [6.07, 6.45) is 2.97. The molecule has 1 heterocycles. The minimum atomic E-state index is -0.424. The predicted octanol–water partition coefficient (Wildman–Crippen LogP) is 5.02. The van der Waals surface area contributed by atoms with Gasteiger partial charge in [0.1, 0.15) is 11.3 Å². The van der Waals surface area contributed by atoms with Gasteiger partial charge >= 0.3 is 5.97 Å². The molecule has 0 atom stereocenters. The van der Waals surface area contributed by atoms with E-state index in [1.807, 2.05) is 24.3 Å². The third-order valence-electron chi connectivity index (χ3n) is 3.54. The van der Waals surface area contributed by atoms with Crippen molar-refractivity contribution in [1.29, 1.82) is 0 Å². The van der Waals surface area contributed by atoms with E-state index < -0.39 is 5.97 Å². The number of hydrogen-bond donors (Lipinski definition) is 1. The van der Waals surface area contributed by atoms with Crippen molar-refractivity contribution < 1.29 is 18.7 Å². The Kier molecular flexibility index (Phi) is 5.53. The maximum absolute atomic E-state index is 12.1. The minimum absolute atomic E-state index is 0.298. The molecule has 1 N–H and O–H groups in total. The maximum Gasteiger partial charge on any atom is 0.338 e. The molecule has 0 spiro atoms. The summed E-state index contributed by atoms with van der Waals surface area (Å²) in [5.74, 6) is -0.172. The van der Waals surface area contributed by atoms with Crippen LogP contribution in [0.5, 0.6) is 0 Å². The highest BCUT2D eigenvalue weighted by Crippen LogP contribution is 2.24. The molecule has 0 aliphatic carbocycles. The Morgan fingerprint density at radius 3 is 2.85 bits per heavy atom. The maximum atomic E-state index is 12.1. The van der Waals surface area contributed by atoms with Gasteiger partial charge in [0.2, 0.25) is 5.91 Å². The number of fused-ring (bicyclic) bond motifs is 1. The highest BCUT2D eigenvalue weighted by molar-refractivity contribution is 9.10. The van der Waals surface area contributed by atoms with Crippen molar-refractivity contribution in [3.05, 3.63) is 70.4 Å². The van der Waals surface area contributed by atoms with E-state index >= 15 is 0 Å². The molecule has 3 aromatic rings. The lowest BCUT2D eigenvalue weighted by Crippen LogP contribution is -2.09. The van der Waals surface area contributed by atoms with Gasteiger partial charge in [-0.3, -0.25) is 4.79 Å². The van der Waals surface area contributed by atoms with Crippen LogP contribution in [0.15, 0.2) is 63.5 Å². The van der Waals surface area contributed by atoms with E-state index in [0.717, 1.165) is 15.4 Å². The predicted molar refractivity (Wildman–Crippen MR) is 104 cm³/mol. The molecule has 0 aliphatic heterocycles. The van der Waals surface area contributed by atoms with E-state index in [0.29, 0.717) is 23.6 Å². The Balaban J connectivity index is 1.68. The van der Waals surface area contributed by atoms with Crippen LogP contribution in [0.1, 0.15) is 23.0 Å². The number of carbonyl (C=O) groups excluding carboxylic acids is 2. The molecule has 0 saturated carbocycles. The van der Waals surface area contributed by atoms with E-state index in [4.69, 9.17) is 9.15 Å². The average Bonchev–Trinajstić information content (AvgIpc) is 3.02. The molecule has 0 aliphatic rings. The molecule has 26 heavy (non-hydrogen) atoms. The van der Waals surface area contributed by atoms with Crippen LogP contribution in [0.3, 0.4) is 0 Å². The molecule has 0 saturated heterocycles. The summed E-state index contributed by atoms with van der Waals surface area (Å²) in [7, 11) is 0. The van der Waals surface area contributed by atoms with Gasteiger partial charge in [-0.15, -0.1) is 0 Å². The van der Waals surface area contributed by atoms with Crippen molar-refractivity contribution >= 4 is 50.5 Å². The Bertz CT molecular complexity index is 990. The van der Waals surface area contributed by atoms with Gasteiger partial charge in [0.15, 0.2) is 0 Å². The Morgan fingerprint density at radius 1 is 1.19 bits per heavy atom. The molecule has 3 rings (SSSR count). The van der Waals surface area contributed by atoms with Gasteiger partial charge < -0.3 is 14.5 Å². The lowest BCUT2D eigenvalue weighted by Gasteiger charge is -2.05. The second-order valence-corrected chi connectivity index (χ2v) is 6.37. The summed E-state index contributed by atoms with van der Waals surface area (Å²) < 4.78 is 11.6. The number of anilines is 1. The third kappa shape index (κ3) is 4.40. The monoisotopic (exact) mass is 413 g/mol. The van der Waals surface area contributed by atoms with Crippen LogP contribution < -0.4 is 5.32 Å². The van der Waals surface area contributed by atoms with E-state index in [1.54, 1.807) is 37.3 Å². The number of halogens is 1. The number of ether oxygens (including phenoxy) is 1. The highest BCUT2D eigenvalue weighted by atomic mass is 79.9. The molecule has 132 valence electrons. The van der Waals surface area contributed by atoms with Crippen molar-refractivity contribution in [1.82, 2.24) is 0 Å². The van der Waals surface area contributed by atoms with Crippen LogP contribution in [-0.2, 0) is 9.53 Å². The van der Waals surface area contributed by atoms with Crippen LogP contribution in [0.25, 0.3) is 17.0 Å². The van der Waals surface area contributed by atoms with Gasteiger partial charge in [-0.25, -0.2) is 4.79 Å². The number of esters is 1. The second-order valence-electron chi connectivity index (χ2n) is 5.45. The van der Waals surface area contributed by atoms with Crippen molar-refractivity contribution in [3.8, 4) is 0 Å². The molecule has 6 heteroatoms. The Hall–Kier alpha value is -2.86. The first-order valence-electron chi connectivity index (χ1n) is 8.00. The number of furan rings is 1. The van der Waals surface area contributed by atoms with Gasteiger partial charge in [0.25, 0.3) is 0 Å². The van der Waals surface area contributed by atoms with Gasteiger partial charge in [0, 0.05) is 21.6 Å². The molecule has 5 nitrogen and oxygen atoms in total. The van der Waals surface area contributed by atoms with E-state index in [-0.39, 0.29) is 5.91 Å². The van der Waals surface area contributed by atoms with Gasteiger partial charge in [-0.05, 0) is 55.5 Å². The number of rotatable bonds is 5. The second kappa shape index (κ2) is 8.01. The van der Waals surface area contributed by atoms with Crippen LogP contribution in [0.2, 0.25) is 0 Å². The van der Waals surface area contributed by atoms with E-state index in [1.165, 1.54) is 6.08 Å². The lowest BCUT2D eigenvalue weighted by atomic mass is 10.2. The molecule has 0 bridgehead atoms. The summed E-state index contributed by atoms with van der Waals surface area (Å²) in [5, 5.41) is 3.66. The molecule has 1 aromatic heterocycles. The summed E-state index contributed by atoms with van der Waals surface area (Å²) in [6.45, 7) is 2.04. The fourth-order valence-electron chi connectivity index (χ4n) is 2.40. The quantitative estimate of drug-likeness (QED) is 0.470. The number of benzene rings is 2.